The molecule has 0 heterocycles. The van der Waals surface area contributed by atoms with Crippen molar-refractivity contribution in [3.8, 4) is 0 Å². The number of hydrogen-bond acceptors (Lipinski definition) is 3. The zero-order valence-corrected chi connectivity index (χ0v) is 10.9. The summed E-state index contributed by atoms with van der Waals surface area (Å²) in [5.41, 5.74) is 13.6. The van der Waals surface area contributed by atoms with E-state index in [0.29, 0.717) is 32.5 Å². The van der Waals surface area contributed by atoms with Crippen LogP contribution in [0.2, 0.25) is 10.0 Å². The zero-order chi connectivity index (χ0) is 13.3. The maximum absolute atomic E-state index is 10.3. The summed E-state index contributed by atoms with van der Waals surface area (Å²) in [5, 5.41) is 11.3. The average Bonchev–Trinajstić information content (AvgIpc) is 2.28. The van der Waals surface area contributed by atoms with Crippen LogP contribution in [0.3, 0.4) is 0 Å². The van der Waals surface area contributed by atoms with Crippen molar-refractivity contribution in [3.63, 3.8) is 0 Å². The largest absolute Gasteiger partial charge is 0.398 e. The van der Waals surface area contributed by atoms with Crippen LogP contribution in [-0.2, 0) is 0 Å². The Morgan fingerprint density at radius 1 is 0.833 bits per heavy atom. The van der Waals surface area contributed by atoms with Crippen LogP contribution in [0.5, 0.6) is 0 Å². The molecule has 0 fully saturated rings. The normalized spacial score (nSPS) is 10.9. The van der Waals surface area contributed by atoms with Gasteiger partial charge in [0.2, 0.25) is 0 Å². The van der Waals surface area contributed by atoms with E-state index < -0.39 is 6.10 Å². The van der Waals surface area contributed by atoms with Gasteiger partial charge in [0, 0.05) is 32.5 Å². The minimum Gasteiger partial charge on any atom is -0.398 e. The number of aliphatic hydroxyl groups is 1. The molecule has 3 nitrogen and oxygen atoms in total. The minimum absolute atomic E-state index is 0.421. The summed E-state index contributed by atoms with van der Waals surface area (Å²) in [7, 11) is 0. The highest BCUT2D eigenvalue weighted by molar-refractivity contribution is 6.31. The van der Waals surface area contributed by atoms with Crippen molar-refractivity contribution < 1.29 is 5.11 Å². The van der Waals surface area contributed by atoms with Crippen LogP contribution in [0.15, 0.2) is 36.4 Å². The molecular formula is C13H12Cl2N2O. The number of anilines is 2. The molecule has 0 radical (unpaired) electrons. The molecule has 0 amide bonds. The van der Waals surface area contributed by atoms with E-state index in [2.05, 4.69) is 0 Å². The van der Waals surface area contributed by atoms with Gasteiger partial charge in [-0.05, 0) is 24.3 Å². The van der Waals surface area contributed by atoms with Gasteiger partial charge in [-0.2, -0.15) is 0 Å². The van der Waals surface area contributed by atoms with Crippen molar-refractivity contribution in [1.82, 2.24) is 0 Å². The fourth-order valence-corrected chi connectivity index (χ4v) is 2.12. The predicted octanol–water partition coefficient (Wildman–Crippen LogP) is 3.24. The van der Waals surface area contributed by atoms with Gasteiger partial charge in [-0.1, -0.05) is 35.3 Å². The predicted molar refractivity (Wildman–Crippen MR) is 75.8 cm³/mol. The van der Waals surface area contributed by atoms with Gasteiger partial charge in [0.05, 0.1) is 0 Å². The maximum Gasteiger partial charge on any atom is 0.108 e. The molecule has 0 aromatic heterocycles. The van der Waals surface area contributed by atoms with E-state index in [1.807, 2.05) is 0 Å². The first-order valence-electron chi connectivity index (χ1n) is 5.27. The van der Waals surface area contributed by atoms with Crippen molar-refractivity contribution >= 4 is 34.6 Å². The Hall–Kier alpha value is -1.42. The van der Waals surface area contributed by atoms with Gasteiger partial charge in [0.25, 0.3) is 0 Å². The van der Waals surface area contributed by atoms with Crippen LogP contribution >= 0.6 is 23.2 Å². The number of hydrogen-bond donors (Lipinski definition) is 3. The Bertz CT molecular complexity index is 536. The molecule has 0 spiro atoms. The van der Waals surface area contributed by atoms with Gasteiger partial charge in [-0.25, -0.2) is 0 Å². The summed E-state index contributed by atoms with van der Waals surface area (Å²) in [6.45, 7) is 0. The highest BCUT2D eigenvalue weighted by Gasteiger charge is 2.16. The quantitative estimate of drug-likeness (QED) is 0.741. The Kier molecular flexibility index (Phi) is 3.66. The van der Waals surface area contributed by atoms with Crippen molar-refractivity contribution in [2.75, 3.05) is 11.5 Å². The molecule has 0 bridgehead atoms. The Labute approximate surface area is 115 Å². The van der Waals surface area contributed by atoms with E-state index in [0.717, 1.165) is 0 Å². The Morgan fingerprint density at radius 2 is 1.22 bits per heavy atom. The standard InChI is InChI=1S/C13H12Cl2N2O/c14-7-1-3-9(11(16)5-7)13(18)10-4-2-8(15)6-12(10)17/h1-6,13,18H,16-17H2. The molecule has 2 rings (SSSR count). The first kappa shape index (κ1) is 13.0. The SMILES string of the molecule is Nc1cc(Cl)ccc1C(O)c1ccc(Cl)cc1N. The van der Waals surface area contributed by atoms with Gasteiger partial charge in [-0.3, -0.25) is 0 Å². The number of nitrogen functional groups attached to an aromatic ring is 2. The maximum atomic E-state index is 10.3. The smallest absolute Gasteiger partial charge is 0.108 e. The molecule has 0 aliphatic heterocycles. The fourth-order valence-electron chi connectivity index (χ4n) is 1.76. The summed E-state index contributed by atoms with van der Waals surface area (Å²) in [6.07, 6.45) is -0.903. The van der Waals surface area contributed by atoms with Gasteiger partial charge < -0.3 is 16.6 Å². The topological polar surface area (TPSA) is 72.3 Å². The van der Waals surface area contributed by atoms with Crippen LogP contribution in [-0.4, -0.2) is 5.11 Å². The van der Waals surface area contributed by atoms with Crippen molar-refractivity contribution in [2.24, 2.45) is 0 Å². The van der Waals surface area contributed by atoms with Crippen molar-refractivity contribution in [2.45, 2.75) is 6.10 Å². The molecular weight excluding hydrogens is 271 g/mol. The summed E-state index contributed by atoms with van der Waals surface area (Å²) in [4.78, 5) is 0. The fraction of sp³-hybridized carbons (Fsp3) is 0.0769. The lowest BCUT2D eigenvalue weighted by atomic mass is 9.99. The number of halogens is 2. The van der Waals surface area contributed by atoms with Gasteiger partial charge in [-0.15, -0.1) is 0 Å². The molecule has 0 atom stereocenters. The average molecular weight is 283 g/mol. The molecule has 18 heavy (non-hydrogen) atoms. The van der Waals surface area contributed by atoms with Crippen LogP contribution in [0.25, 0.3) is 0 Å². The molecule has 2 aromatic carbocycles. The molecule has 0 aliphatic rings. The first-order chi connectivity index (χ1) is 8.49. The summed E-state index contributed by atoms with van der Waals surface area (Å²) >= 11 is 11.6. The lowest BCUT2D eigenvalue weighted by Crippen LogP contribution is -2.06. The zero-order valence-electron chi connectivity index (χ0n) is 9.40. The van der Waals surface area contributed by atoms with Crippen LogP contribution in [0.4, 0.5) is 11.4 Å². The van der Waals surface area contributed by atoms with Gasteiger partial charge >= 0.3 is 0 Å². The van der Waals surface area contributed by atoms with Gasteiger partial charge in [0.15, 0.2) is 0 Å². The second-order valence-electron chi connectivity index (χ2n) is 3.95. The Morgan fingerprint density at radius 3 is 1.56 bits per heavy atom. The molecule has 5 N–H and O–H groups in total. The van der Waals surface area contributed by atoms with E-state index in [1.165, 1.54) is 0 Å². The van der Waals surface area contributed by atoms with E-state index in [4.69, 9.17) is 34.7 Å². The Balaban J connectivity index is 2.44. The summed E-state index contributed by atoms with van der Waals surface area (Å²) < 4.78 is 0. The third-order valence-electron chi connectivity index (χ3n) is 2.69. The third-order valence-corrected chi connectivity index (χ3v) is 3.16. The second kappa shape index (κ2) is 5.06. The number of nitrogens with two attached hydrogens (primary N) is 2. The number of aliphatic hydroxyl groups excluding tert-OH is 1. The molecule has 5 heteroatoms. The molecule has 0 saturated heterocycles. The van der Waals surface area contributed by atoms with E-state index in [9.17, 15) is 5.11 Å². The van der Waals surface area contributed by atoms with Gasteiger partial charge in [0.1, 0.15) is 6.10 Å². The highest BCUT2D eigenvalue weighted by atomic mass is 35.5. The number of benzene rings is 2. The van der Waals surface area contributed by atoms with Crippen LogP contribution in [0.1, 0.15) is 17.2 Å². The molecule has 94 valence electrons. The van der Waals surface area contributed by atoms with Crippen molar-refractivity contribution in [1.29, 1.82) is 0 Å². The molecule has 0 saturated carbocycles. The van der Waals surface area contributed by atoms with Crippen LogP contribution < -0.4 is 11.5 Å². The summed E-state index contributed by atoms with van der Waals surface area (Å²) in [6, 6.07) is 9.87. The third kappa shape index (κ3) is 2.53. The highest BCUT2D eigenvalue weighted by Crippen LogP contribution is 2.32. The monoisotopic (exact) mass is 282 g/mol. The van der Waals surface area contributed by atoms with Crippen molar-refractivity contribution in [3.05, 3.63) is 57.6 Å². The lowest BCUT2D eigenvalue weighted by Gasteiger charge is -2.16. The summed E-state index contributed by atoms with van der Waals surface area (Å²) in [5.74, 6) is 0. The van der Waals surface area contributed by atoms with E-state index >= 15 is 0 Å². The number of rotatable bonds is 2. The van der Waals surface area contributed by atoms with E-state index in [1.54, 1.807) is 36.4 Å². The molecule has 2 aromatic rings. The second-order valence-corrected chi connectivity index (χ2v) is 4.82. The molecule has 0 unspecified atom stereocenters. The minimum atomic E-state index is -0.903. The van der Waals surface area contributed by atoms with Crippen LogP contribution in [0, 0.1) is 0 Å². The molecule has 0 aliphatic carbocycles. The van der Waals surface area contributed by atoms with E-state index in [-0.39, 0.29) is 0 Å². The lowest BCUT2D eigenvalue weighted by molar-refractivity contribution is 0.222. The first-order valence-corrected chi connectivity index (χ1v) is 6.02.